The molecule has 0 aliphatic rings. The number of aliphatic hydroxyl groups is 1. The fraction of sp³-hybridized carbons (Fsp3) is 0.241. The predicted molar refractivity (Wildman–Crippen MR) is 142 cm³/mol. The number of pyridine rings is 1. The molecule has 3 aromatic carbocycles. The minimum absolute atomic E-state index is 0.0427. The molecule has 1 unspecified atom stereocenters. The highest BCUT2D eigenvalue weighted by atomic mass is 16.5. The number of ether oxygens (including phenoxy) is 1. The van der Waals surface area contributed by atoms with Gasteiger partial charge in [0.2, 0.25) is 12.0 Å². The number of rotatable bonds is 13. The van der Waals surface area contributed by atoms with Crippen molar-refractivity contribution in [1.82, 2.24) is 15.2 Å². The maximum atomic E-state index is 11.6. The van der Waals surface area contributed by atoms with Gasteiger partial charge in [0.15, 0.2) is 0 Å². The van der Waals surface area contributed by atoms with E-state index in [1.165, 1.54) is 12.1 Å². The second kappa shape index (κ2) is 12.7. The standard InChI is InChI=1S/C29H31N3O5/c33-20-32(18-22-8-4-9-23(16-22)37-19-21-6-2-1-3-7-21)15-5-14-30-17-27(35)24-10-12-26(34)29-25(24)11-13-28(36)31-29/h1-4,6-13,16,20,27,30,34-35H,5,14-15,17-19H2,(H,31,36). The van der Waals surface area contributed by atoms with Crippen LogP contribution in [0.25, 0.3) is 10.9 Å². The van der Waals surface area contributed by atoms with E-state index in [4.69, 9.17) is 4.74 Å². The van der Waals surface area contributed by atoms with Crippen molar-refractivity contribution >= 4 is 17.3 Å². The molecule has 0 saturated carbocycles. The summed E-state index contributed by atoms with van der Waals surface area (Å²) in [6, 6.07) is 23.8. The number of nitrogens with one attached hydrogen (secondary N) is 2. The average Bonchev–Trinajstić information content (AvgIpc) is 2.92. The van der Waals surface area contributed by atoms with Gasteiger partial charge in [0.05, 0.1) is 11.6 Å². The van der Waals surface area contributed by atoms with E-state index in [-0.39, 0.29) is 11.3 Å². The average molecular weight is 502 g/mol. The molecule has 192 valence electrons. The third-order valence-electron chi connectivity index (χ3n) is 6.08. The number of phenols is 1. The Morgan fingerprint density at radius 3 is 2.62 bits per heavy atom. The molecule has 0 radical (unpaired) electrons. The van der Waals surface area contributed by atoms with Crippen molar-refractivity contribution in [2.24, 2.45) is 0 Å². The molecule has 0 fully saturated rings. The van der Waals surface area contributed by atoms with Crippen LogP contribution in [-0.4, -0.2) is 46.1 Å². The third kappa shape index (κ3) is 7.19. The number of aromatic amines is 1. The lowest BCUT2D eigenvalue weighted by Crippen LogP contribution is -2.28. The van der Waals surface area contributed by atoms with Gasteiger partial charge in [0.25, 0.3) is 0 Å². The number of aromatic hydroxyl groups is 1. The second-order valence-electron chi connectivity index (χ2n) is 8.86. The molecule has 1 atom stereocenters. The Morgan fingerprint density at radius 2 is 1.81 bits per heavy atom. The number of H-pyrrole nitrogens is 1. The van der Waals surface area contributed by atoms with Gasteiger partial charge in [0, 0.05) is 31.1 Å². The van der Waals surface area contributed by atoms with E-state index in [1.54, 1.807) is 17.0 Å². The SMILES string of the molecule is O=CN(CCCNCC(O)c1ccc(O)c2[nH]c(=O)ccc12)Cc1cccc(OCc2ccccc2)c1. The molecule has 8 nitrogen and oxygen atoms in total. The smallest absolute Gasteiger partial charge is 0.248 e. The van der Waals surface area contributed by atoms with Gasteiger partial charge in [-0.15, -0.1) is 0 Å². The molecule has 0 aliphatic carbocycles. The number of phenolic OH excluding ortho intramolecular Hbond substituents is 1. The molecule has 4 rings (SSSR count). The molecule has 0 bridgehead atoms. The summed E-state index contributed by atoms with van der Waals surface area (Å²) in [5, 5.41) is 24.5. The van der Waals surface area contributed by atoms with E-state index in [0.717, 1.165) is 23.3 Å². The number of carbonyl (C=O) groups is 1. The molecule has 0 saturated heterocycles. The van der Waals surface area contributed by atoms with Gasteiger partial charge in [-0.1, -0.05) is 48.5 Å². The summed E-state index contributed by atoms with van der Waals surface area (Å²) in [4.78, 5) is 27.5. The van der Waals surface area contributed by atoms with Gasteiger partial charge in [0.1, 0.15) is 18.1 Å². The summed E-state index contributed by atoms with van der Waals surface area (Å²) in [5.41, 5.74) is 2.67. The van der Waals surface area contributed by atoms with Gasteiger partial charge < -0.3 is 30.2 Å². The molecule has 1 amide bonds. The molecular formula is C29H31N3O5. The lowest BCUT2D eigenvalue weighted by atomic mass is 10.0. The van der Waals surface area contributed by atoms with E-state index in [9.17, 15) is 19.8 Å². The molecular weight excluding hydrogens is 470 g/mol. The summed E-state index contributed by atoms with van der Waals surface area (Å²) < 4.78 is 5.89. The van der Waals surface area contributed by atoms with Crippen LogP contribution < -0.4 is 15.6 Å². The van der Waals surface area contributed by atoms with Gasteiger partial charge in [-0.05, 0) is 53.9 Å². The Bertz CT molecular complexity index is 1370. The molecule has 8 heteroatoms. The van der Waals surface area contributed by atoms with Gasteiger partial charge in [-0.3, -0.25) is 9.59 Å². The highest BCUT2D eigenvalue weighted by molar-refractivity contribution is 5.87. The number of hydrogen-bond acceptors (Lipinski definition) is 6. The summed E-state index contributed by atoms with van der Waals surface area (Å²) >= 11 is 0. The first-order valence-electron chi connectivity index (χ1n) is 12.2. The first-order chi connectivity index (χ1) is 18.0. The number of hydrogen-bond donors (Lipinski definition) is 4. The number of carbonyl (C=O) groups excluding carboxylic acids is 1. The van der Waals surface area contributed by atoms with Crippen LogP contribution in [0.3, 0.4) is 0 Å². The van der Waals surface area contributed by atoms with Crippen LogP contribution in [0.4, 0.5) is 0 Å². The number of aromatic nitrogens is 1. The van der Waals surface area contributed by atoms with E-state index in [0.29, 0.717) is 55.7 Å². The Kier molecular flexibility index (Phi) is 8.91. The number of nitrogens with zero attached hydrogens (tertiary/aromatic N) is 1. The lowest BCUT2D eigenvalue weighted by Gasteiger charge is -2.19. The van der Waals surface area contributed by atoms with Crippen LogP contribution >= 0.6 is 0 Å². The number of fused-ring (bicyclic) bond motifs is 1. The first kappa shape index (κ1) is 25.9. The quantitative estimate of drug-likeness (QED) is 0.165. The van der Waals surface area contributed by atoms with Gasteiger partial charge in [-0.25, -0.2) is 0 Å². The minimum Gasteiger partial charge on any atom is -0.506 e. The Hall–Kier alpha value is -4.14. The fourth-order valence-corrected chi connectivity index (χ4v) is 4.18. The highest BCUT2D eigenvalue weighted by Crippen LogP contribution is 2.28. The summed E-state index contributed by atoms with van der Waals surface area (Å²) in [6.07, 6.45) is 0.726. The predicted octanol–water partition coefficient (Wildman–Crippen LogP) is 3.48. The van der Waals surface area contributed by atoms with Crippen molar-refractivity contribution in [1.29, 1.82) is 0 Å². The Morgan fingerprint density at radius 1 is 1.00 bits per heavy atom. The minimum atomic E-state index is -0.824. The fourth-order valence-electron chi connectivity index (χ4n) is 4.18. The van der Waals surface area contributed by atoms with Crippen LogP contribution in [-0.2, 0) is 17.9 Å². The zero-order chi connectivity index (χ0) is 26.0. The first-order valence-corrected chi connectivity index (χ1v) is 12.2. The monoisotopic (exact) mass is 501 g/mol. The summed E-state index contributed by atoms with van der Waals surface area (Å²) in [5.74, 6) is 0.715. The molecule has 0 spiro atoms. The Labute approximate surface area is 215 Å². The van der Waals surface area contributed by atoms with Crippen LogP contribution in [0, 0.1) is 0 Å². The molecule has 1 heterocycles. The molecule has 37 heavy (non-hydrogen) atoms. The van der Waals surface area contributed by atoms with Gasteiger partial charge in [-0.2, -0.15) is 0 Å². The normalized spacial score (nSPS) is 11.8. The van der Waals surface area contributed by atoms with Gasteiger partial charge >= 0.3 is 0 Å². The van der Waals surface area contributed by atoms with Crippen LogP contribution in [0.1, 0.15) is 29.2 Å². The van der Waals surface area contributed by atoms with Crippen LogP contribution in [0.5, 0.6) is 11.5 Å². The number of amides is 1. The second-order valence-corrected chi connectivity index (χ2v) is 8.86. The summed E-state index contributed by atoms with van der Waals surface area (Å²) in [6.45, 7) is 2.42. The molecule has 1 aromatic heterocycles. The lowest BCUT2D eigenvalue weighted by molar-refractivity contribution is -0.118. The zero-order valence-electron chi connectivity index (χ0n) is 20.5. The van der Waals surface area contributed by atoms with Crippen molar-refractivity contribution in [2.45, 2.75) is 25.7 Å². The molecule has 4 aromatic rings. The zero-order valence-corrected chi connectivity index (χ0v) is 20.5. The molecule has 0 aliphatic heterocycles. The number of benzene rings is 3. The van der Waals surface area contributed by atoms with Crippen molar-refractivity contribution in [3.63, 3.8) is 0 Å². The van der Waals surface area contributed by atoms with E-state index in [1.807, 2.05) is 54.6 Å². The van der Waals surface area contributed by atoms with Crippen LogP contribution in [0.2, 0.25) is 0 Å². The largest absolute Gasteiger partial charge is 0.506 e. The van der Waals surface area contributed by atoms with Crippen molar-refractivity contribution in [3.05, 3.63) is 106 Å². The van der Waals surface area contributed by atoms with E-state index in [2.05, 4.69) is 10.3 Å². The summed E-state index contributed by atoms with van der Waals surface area (Å²) in [7, 11) is 0. The van der Waals surface area contributed by atoms with Crippen LogP contribution in [0.15, 0.2) is 83.7 Å². The van der Waals surface area contributed by atoms with E-state index >= 15 is 0 Å². The Balaban J connectivity index is 1.23. The van der Waals surface area contributed by atoms with Crippen molar-refractivity contribution in [3.8, 4) is 11.5 Å². The number of aliphatic hydroxyl groups excluding tert-OH is 1. The van der Waals surface area contributed by atoms with Crippen molar-refractivity contribution in [2.75, 3.05) is 19.6 Å². The maximum absolute atomic E-state index is 11.6. The maximum Gasteiger partial charge on any atom is 0.248 e. The highest BCUT2D eigenvalue weighted by Gasteiger charge is 2.14. The van der Waals surface area contributed by atoms with E-state index < -0.39 is 6.10 Å². The third-order valence-corrected chi connectivity index (χ3v) is 6.08. The van der Waals surface area contributed by atoms with Crippen molar-refractivity contribution < 1.29 is 19.7 Å². The molecule has 4 N–H and O–H groups in total. The topological polar surface area (TPSA) is 115 Å².